The molecule has 0 aliphatic carbocycles. The number of likely N-dealkylation sites (N-methyl/N-ethyl adjacent to an activating group) is 1. The molecule has 3 N–H and O–H groups in total. The molecule has 172 valence electrons. The van der Waals surface area contributed by atoms with E-state index in [9.17, 15) is 9.59 Å². The van der Waals surface area contributed by atoms with Crippen molar-refractivity contribution in [2.24, 2.45) is 10.9 Å². The SMILES string of the molecule is CCNC(=NCc1cccc(C(=O)NCCN(C)C)c1)N1CCC(CC(=O)NC)CC1. The molecule has 0 atom stereocenters. The number of nitrogens with one attached hydrogen (secondary N) is 3. The van der Waals surface area contributed by atoms with Gasteiger partial charge >= 0.3 is 0 Å². The Morgan fingerprint density at radius 2 is 1.94 bits per heavy atom. The molecule has 1 aromatic rings. The molecule has 0 aromatic heterocycles. The van der Waals surface area contributed by atoms with Gasteiger partial charge in [-0.15, -0.1) is 0 Å². The van der Waals surface area contributed by atoms with Crippen LogP contribution in [0.2, 0.25) is 0 Å². The lowest BCUT2D eigenvalue weighted by molar-refractivity contribution is -0.121. The normalized spacial score (nSPS) is 15.1. The number of aliphatic imine (C=N–C) groups is 1. The summed E-state index contributed by atoms with van der Waals surface area (Å²) < 4.78 is 0. The van der Waals surface area contributed by atoms with E-state index in [0.717, 1.165) is 50.5 Å². The number of benzene rings is 1. The third-order valence-electron chi connectivity index (χ3n) is 5.45. The highest BCUT2D eigenvalue weighted by Crippen LogP contribution is 2.20. The fraction of sp³-hybridized carbons (Fsp3) is 0.609. The van der Waals surface area contributed by atoms with Gasteiger partial charge in [-0.25, -0.2) is 4.99 Å². The first-order chi connectivity index (χ1) is 14.9. The number of amides is 2. The van der Waals surface area contributed by atoms with Crippen LogP contribution in [0.4, 0.5) is 0 Å². The van der Waals surface area contributed by atoms with Gasteiger partial charge in [-0.3, -0.25) is 9.59 Å². The van der Waals surface area contributed by atoms with Gasteiger partial charge < -0.3 is 25.8 Å². The number of carbonyl (C=O) groups is 2. The van der Waals surface area contributed by atoms with Gasteiger partial charge in [0.25, 0.3) is 5.91 Å². The first kappa shape index (κ1) is 24.7. The minimum Gasteiger partial charge on any atom is -0.359 e. The van der Waals surface area contributed by atoms with Crippen LogP contribution in [-0.2, 0) is 11.3 Å². The second kappa shape index (κ2) is 12.9. The largest absolute Gasteiger partial charge is 0.359 e. The molecule has 2 rings (SSSR count). The summed E-state index contributed by atoms with van der Waals surface area (Å²) in [5.74, 6) is 1.38. The van der Waals surface area contributed by atoms with Gasteiger partial charge in [0.1, 0.15) is 0 Å². The number of nitrogens with zero attached hydrogens (tertiary/aromatic N) is 3. The molecule has 1 heterocycles. The summed E-state index contributed by atoms with van der Waals surface area (Å²) in [6.07, 6.45) is 2.57. The van der Waals surface area contributed by atoms with Gasteiger partial charge in [0.05, 0.1) is 6.54 Å². The molecule has 8 heteroatoms. The van der Waals surface area contributed by atoms with E-state index in [-0.39, 0.29) is 11.8 Å². The molecule has 0 radical (unpaired) electrons. The third kappa shape index (κ3) is 8.57. The van der Waals surface area contributed by atoms with Crippen LogP contribution >= 0.6 is 0 Å². The lowest BCUT2D eigenvalue weighted by Crippen LogP contribution is -2.46. The molecule has 1 saturated heterocycles. The lowest BCUT2D eigenvalue weighted by atomic mass is 9.93. The van der Waals surface area contributed by atoms with Crippen LogP contribution in [0, 0.1) is 5.92 Å². The van der Waals surface area contributed by atoms with Crippen molar-refractivity contribution in [2.45, 2.75) is 32.7 Å². The molecule has 1 aliphatic rings. The van der Waals surface area contributed by atoms with Gasteiger partial charge in [-0.2, -0.15) is 0 Å². The first-order valence-electron chi connectivity index (χ1n) is 11.2. The molecule has 2 amide bonds. The smallest absolute Gasteiger partial charge is 0.251 e. The van der Waals surface area contributed by atoms with E-state index in [1.54, 1.807) is 7.05 Å². The maximum atomic E-state index is 12.4. The summed E-state index contributed by atoms with van der Waals surface area (Å²) in [5, 5.41) is 9.04. The molecular weight excluding hydrogens is 392 g/mol. The zero-order chi connectivity index (χ0) is 22.6. The Hall–Kier alpha value is -2.61. The van der Waals surface area contributed by atoms with Crippen LogP contribution in [0.25, 0.3) is 0 Å². The highest BCUT2D eigenvalue weighted by molar-refractivity contribution is 5.94. The first-order valence-corrected chi connectivity index (χ1v) is 11.2. The van der Waals surface area contributed by atoms with Crippen molar-refractivity contribution >= 4 is 17.8 Å². The molecular formula is C23H38N6O2. The van der Waals surface area contributed by atoms with E-state index >= 15 is 0 Å². The summed E-state index contributed by atoms with van der Waals surface area (Å²) in [7, 11) is 5.66. The summed E-state index contributed by atoms with van der Waals surface area (Å²) in [6, 6.07) is 7.65. The lowest BCUT2D eigenvalue weighted by Gasteiger charge is -2.34. The van der Waals surface area contributed by atoms with Gasteiger partial charge in [0.2, 0.25) is 5.91 Å². The maximum Gasteiger partial charge on any atom is 0.251 e. The van der Waals surface area contributed by atoms with Crippen molar-refractivity contribution in [2.75, 3.05) is 53.9 Å². The summed E-state index contributed by atoms with van der Waals surface area (Å²) >= 11 is 0. The summed E-state index contributed by atoms with van der Waals surface area (Å²) in [6.45, 7) is 6.58. The summed E-state index contributed by atoms with van der Waals surface area (Å²) in [4.78, 5) is 33.1. The monoisotopic (exact) mass is 430 g/mol. The molecule has 1 fully saturated rings. The molecule has 1 aromatic carbocycles. The van der Waals surface area contributed by atoms with Crippen LogP contribution in [0.3, 0.4) is 0 Å². The second-order valence-electron chi connectivity index (χ2n) is 8.24. The van der Waals surface area contributed by atoms with Crippen LogP contribution in [0.1, 0.15) is 42.1 Å². The number of piperidine rings is 1. The molecule has 0 unspecified atom stereocenters. The summed E-state index contributed by atoms with van der Waals surface area (Å²) in [5.41, 5.74) is 1.66. The van der Waals surface area contributed by atoms with Gasteiger partial charge in [-0.05, 0) is 57.5 Å². The number of hydrogen-bond acceptors (Lipinski definition) is 4. The fourth-order valence-electron chi connectivity index (χ4n) is 3.61. The Morgan fingerprint density at radius 1 is 1.19 bits per heavy atom. The molecule has 0 bridgehead atoms. The molecule has 0 spiro atoms. The fourth-order valence-corrected chi connectivity index (χ4v) is 3.61. The van der Waals surface area contributed by atoms with Crippen molar-refractivity contribution in [1.29, 1.82) is 0 Å². The average molecular weight is 431 g/mol. The van der Waals surface area contributed by atoms with Gasteiger partial charge in [0, 0.05) is 51.8 Å². The third-order valence-corrected chi connectivity index (χ3v) is 5.45. The predicted molar refractivity (Wildman–Crippen MR) is 125 cm³/mol. The van der Waals surface area contributed by atoms with Gasteiger partial charge in [0.15, 0.2) is 5.96 Å². The Balaban J connectivity index is 1.95. The van der Waals surface area contributed by atoms with E-state index < -0.39 is 0 Å². The Morgan fingerprint density at radius 3 is 2.58 bits per heavy atom. The number of likely N-dealkylation sites (tertiary alicyclic amines) is 1. The van der Waals surface area contributed by atoms with Crippen molar-refractivity contribution in [1.82, 2.24) is 25.8 Å². The molecule has 8 nitrogen and oxygen atoms in total. The molecule has 31 heavy (non-hydrogen) atoms. The van der Waals surface area contributed by atoms with Crippen LogP contribution < -0.4 is 16.0 Å². The quantitative estimate of drug-likeness (QED) is 0.406. The number of guanidine groups is 1. The number of rotatable bonds is 9. The molecule has 0 saturated carbocycles. The number of hydrogen-bond donors (Lipinski definition) is 3. The van der Waals surface area contributed by atoms with Crippen LogP contribution in [0.15, 0.2) is 29.3 Å². The van der Waals surface area contributed by atoms with Crippen molar-refractivity contribution in [3.63, 3.8) is 0 Å². The Kier molecular flexibility index (Phi) is 10.3. The van der Waals surface area contributed by atoms with Crippen molar-refractivity contribution in [3.8, 4) is 0 Å². The number of carbonyl (C=O) groups excluding carboxylic acids is 2. The second-order valence-corrected chi connectivity index (χ2v) is 8.24. The van der Waals surface area contributed by atoms with E-state index in [0.29, 0.717) is 31.0 Å². The predicted octanol–water partition coefficient (Wildman–Crippen LogP) is 1.29. The highest BCUT2D eigenvalue weighted by atomic mass is 16.2. The van der Waals surface area contributed by atoms with Crippen LogP contribution in [-0.4, -0.2) is 81.4 Å². The van der Waals surface area contributed by atoms with Crippen molar-refractivity contribution in [3.05, 3.63) is 35.4 Å². The molecule has 1 aliphatic heterocycles. The van der Waals surface area contributed by atoms with Gasteiger partial charge in [-0.1, -0.05) is 12.1 Å². The standard InChI is InChI=1S/C23H38N6O2/c1-5-25-23(29-12-9-18(10-13-29)16-21(30)24-2)27-17-19-7-6-8-20(15-19)22(31)26-11-14-28(3)4/h6-8,15,18H,5,9-14,16-17H2,1-4H3,(H,24,30)(H,25,27)(H,26,31). The minimum absolute atomic E-state index is 0.0576. The topological polar surface area (TPSA) is 89.1 Å². The minimum atomic E-state index is -0.0576. The van der Waals surface area contributed by atoms with E-state index in [1.165, 1.54) is 0 Å². The van der Waals surface area contributed by atoms with Crippen molar-refractivity contribution < 1.29 is 9.59 Å². The van der Waals surface area contributed by atoms with Crippen LogP contribution in [0.5, 0.6) is 0 Å². The van der Waals surface area contributed by atoms with E-state index in [2.05, 4.69) is 27.8 Å². The Labute approximate surface area is 186 Å². The zero-order valence-corrected chi connectivity index (χ0v) is 19.4. The zero-order valence-electron chi connectivity index (χ0n) is 19.4. The van der Waals surface area contributed by atoms with E-state index in [4.69, 9.17) is 4.99 Å². The Bertz CT molecular complexity index is 741. The van der Waals surface area contributed by atoms with E-state index in [1.807, 2.05) is 43.3 Å². The average Bonchev–Trinajstić information content (AvgIpc) is 2.77. The highest BCUT2D eigenvalue weighted by Gasteiger charge is 2.23. The maximum absolute atomic E-state index is 12.4.